The Bertz CT molecular complexity index is 699. The fourth-order valence-electron chi connectivity index (χ4n) is 3.34. The Kier molecular flexibility index (Phi) is 5.76. The van der Waals surface area contributed by atoms with E-state index in [2.05, 4.69) is 52.2 Å². The summed E-state index contributed by atoms with van der Waals surface area (Å²) in [6.07, 6.45) is 3.79. The van der Waals surface area contributed by atoms with E-state index in [4.69, 9.17) is 4.74 Å². The summed E-state index contributed by atoms with van der Waals surface area (Å²) in [5, 5.41) is 3.63. The minimum atomic E-state index is -0.000350. The Morgan fingerprint density at radius 1 is 1.12 bits per heavy atom. The number of anilines is 1. The van der Waals surface area contributed by atoms with Gasteiger partial charge in [0.2, 0.25) is 0 Å². The fraction of sp³-hybridized carbons (Fsp3) is 0.350. The van der Waals surface area contributed by atoms with Gasteiger partial charge in [-0.1, -0.05) is 30.7 Å². The van der Waals surface area contributed by atoms with Gasteiger partial charge in [-0.05, 0) is 65.3 Å². The number of hydrogen-bond donors (Lipinski definition) is 1. The van der Waals surface area contributed by atoms with Crippen molar-refractivity contribution in [3.63, 3.8) is 0 Å². The first-order valence-corrected chi connectivity index (χ1v) is 9.44. The van der Waals surface area contributed by atoms with Crippen LogP contribution in [0.2, 0.25) is 0 Å². The quantitative estimate of drug-likeness (QED) is 0.656. The molecule has 1 N–H and O–H groups in total. The molecule has 1 saturated carbocycles. The van der Waals surface area contributed by atoms with Gasteiger partial charge in [0, 0.05) is 21.6 Å². The Morgan fingerprint density at radius 3 is 2.54 bits per heavy atom. The number of ketones is 1. The molecule has 1 fully saturated rings. The molecule has 24 heavy (non-hydrogen) atoms. The number of rotatable bonds is 5. The van der Waals surface area contributed by atoms with Crippen molar-refractivity contribution in [3.05, 3.63) is 57.7 Å². The molecule has 0 radical (unpaired) electrons. The molecule has 126 valence electrons. The number of nitrogens with one attached hydrogen (secondary N) is 1. The van der Waals surface area contributed by atoms with Gasteiger partial charge in [0.25, 0.3) is 0 Å². The molecule has 3 rings (SSSR count). The lowest BCUT2D eigenvalue weighted by Crippen LogP contribution is -2.30. The number of benzene rings is 2. The van der Waals surface area contributed by atoms with Crippen molar-refractivity contribution in [1.82, 2.24) is 0 Å². The SMILES string of the molecule is COc1ccc([C@H](Nc2ccccc2I)[C@@H]2CCCCC2=O)cc1. The molecule has 2 atom stereocenters. The topological polar surface area (TPSA) is 38.3 Å². The Hall–Kier alpha value is -1.56. The first kappa shape index (κ1) is 17.3. The molecule has 1 aliphatic rings. The lowest BCUT2D eigenvalue weighted by molar-refractivity contribution is -0.125. The smallest absolute Gasteiger partial charge is 0.138 e. The van der Waals surface area contributed by atoms with Crippen LogP contribution in [0.1, 0.15) is 37.3 Å². The van der Waals surface area contributed by atoms with Crippen molar-refractivity contribution in [2.45, 2.75) is 31.7 Å². The van der Waals surface area contributed by atoms with Crippen LogP contribution in [0.25, 0.3) is 0 Å². The second-order valence-electron chi connectivity index (χ2n) is 6.19. The van der Waals surface area contributed by atoms with E-state index >= 15 is 0 Å². The van der Waals surface area contributed by atoms with E-state index in [0.717, 1.165) is 39.8 Å². The van der Waals surface area contributed by atoms with Crippen LogP contribution in [0, 0.1) is 9.49 Å². The van der Waals surface area contributed by atoms with E-state index < -0.39 is 0 Å². The van der Waals surface area contributed by atoms with Gasteiger partial charge in [-0.3, -0.25) is 4.79 Å². The van der Waals surface area contributed by atoms with Gasteiger partial charge < -0.3 is 10.1 Å². The largest absolute Gasteiger partial charge is 0.497 e. The number of halogens is 1. The van der Waals surface area contributed by atoms with Gasteiger partial charge in [0.05, 0.1) is 13.2 Å². The summed E-state index contributed by atoms with van der Waals surface area (Å²) in [6, 6.07) is 16.3. The van der Waals surface area contributed by atoms with Crippen LogP contribution in [0.5, 0.6) is 5.75 Å². The van der Waals surface area contributed by atoms with Crippen molar-refractivity contribution < 1.29 is 9.53 Å². The van der Waals surface area contributed by atoms with Crippen LogP contribution in [0.3, 0.4) is 0 Å². The maximum Gasteiger partial charge on any atom is 0.138 e. The van der Waals surface area contributed by atoms with Crippen molar-refractivity contribution >= 4 is 34.1 Å². The van der Waals surface area contributed by atoms with Gasteiger partial charge >= 0.3 is 0 Å². The molecule has 3 nitrogen and oxygen atoms in total. The second-order valence-corrected chi connectivity index (χ2v) is 7.36. The number of carbonyl (C=O) groups is 1. The van der Waals surface area contributed by atoms with Crippen molar-refractivity contribution in [2.24, 2.45) is 5.92 Å². The molecule has 0 amide bonds. The zero-order valence-corrected chi connectivity index (χ0v) is 16.0. The summed E-state index contributed by atoms with van der Waals surface area (Å²) in [6.45, 7) is 0. The van der Waals surface area contributed by atoms with Crippen LogP contribution < -0.4 is 10.1 Å². The zero-order chi connectivity index (χ0) is 16.9. The Labute approximate surface area is 156 Å². The molecule has 0 aliphatic heterocycles. The molecule has 0 heterocycles. The highest BCUT2D eigenvalue weighted by Crippen LogP contribution is 2.36. The van der Waals surface area contributed by atoms with E-state index in [9.17, 15) is 4.79 Å². The van der Waals surface area contributed by atoms with Crippen LogP contribution >= 0.6 is 22.6 Å². The monoisotopic (exact) mass is 435 g/mol. The van der Waals surface area contributed by atoms with Gasteiger partial charge in [0.15, 0.2) is 0 Å². The fourth-order valence-corrected chi connectivity index (χ4v) is 3.88. The lowest BCUT2D eigenvalue weighted by Gasteiger charge is -2.31. The average molecular weight is 435 g/mol. The summed E-state index contributed by atoms with van der Waals surface area (Å²) in [5.41, 5.74) is 2.22. The Morgan fingerprint density at radius 2 is 1.88 bits per heavy atom. The first-order chi connectivity index (χ1) is 11.7. The van der Waals surface area contributed by atoms with E-state index in [1.165, 1.54) is 0 Å². The van der Waals surface area contributed by atoms with E-state index in [1.807, 2.05) is 24.3 Å². The number of para-hydroxylation sites is 1. The third kappa shape index (κ3) is 3.91. The molecule has 4 heteroatoms. The molecule has 0 unspecified atom stereocenters. The average Bonchev–Trinajstić information content (AvgIpc) is 2.62. The minimum absolute atomic E-state index is 0.000350. The third-order valence-corrected chi connectivity index (χ3v) is 5.60. The molecule has 2 aromatic rings. The molecule has 0 bridgehead atoms. The number of ether oxygens (including phenoxy) is 1. The predicted molar refractivity (Wildman–Crippen MR) is 105 cm³/mol. The standard InChI is InChI=1S/C20H22INO2/c1-24-15-12-10-14(11-13-15)20(16-6-2-5-9-19(16)23)22-18-8-4-3-7-17(18)21/h3-4,7-8,10-13,16,20,22H,2,5-6,9H2,1H3/t16-,20+/m1/s1. The highest BCUT2D eigenvalue weighted by Gasteiger charge is 2.31. The van der Waals surface area contributed by atoms with Crippen LogP contribution in [0.4, 0.5) is 5.69 Å². The molecule has 1 aliphatic carbocycles. The normalized spacial score (nSPS) is 18.9. The van der Waals surface area contributed by atoms with Crippen LogP contribution in [-0.4, -0.2) is 12.9 Å². The number of carbonyl (C=O) groups excluding carboxylic acids is 1. The van der Waals surface area contributed by atoms with Crippen LogP contribution in [-0.2, 0) is 4.79 Å². The summed E-state index contributed by atoms with van der Waals surface area (Å²) >= 11 is 2.33. The van der Waals surface area contributed by atoms with E-state index in [1.54, 1.807) is 7.11 Å². The Balaban J connectivity index is 1.93. The predicted octanol–water partition coefficient (Wildman–Crippen LogP) is 5.21. The van der Waals surface area contributed by atoms with Crippen molar-refractivity contribution in [1.29, 1.82) is 0 Å². The first-order valence-electron chi connectivity index (χ1n) is 8.37. The summed E-state index contributed by atoms with van der Waals surface area (Å²) in [7, 11) is 1.67. The zero-order valence-electron chi connectivity index (χ0n) is 13.8. The maximum absolute atomic E-state index is 12.5. The van der Waals surface area contributed by atoms with Crippen molar-refractivity contribution in [3.8, 4) is 5.75 Å². The summed E-state index contributed by atoms with van der Waals surface area (Å²) in [5.74, 6) is 1.24. The molecular formula is C20H22INO2. The van der Waals surface area contributed by atoms with E-state index in [0.29, 0.717) is 12.2 Å². The number of hydrogen-bond acceptors (Lipinski definition) is 3. The van der Waals surface area contributed by atoms with Gasteiger partial charge in [0.1, 0.15) is 11.5 Å². The molecule has 0 aromatic heterocycles. The molecule has 0 spiro atoms. The van der Waals surface area contributed by atoms with E-state index in [-0.39, 0.29) is 12.0 Å². The van der Waals surface area contributed by atoms with Crippen LogP contribution in [0.15, 0.2) is 48.5 Å². The summed E-state index contributed by atoms with van der Waals surface area (Å²) < 4.78 is 6.43. The highest BCUT2D eigenvalue weighted by molar-refractivity contribution is 14.1. The summed E-state index contributed by atoms with van der Waals surface area (Å²) in [4.78, 5) is 12.5. The lowest BCUT2D eigenvalue weighted by atomic mass is 9.80. The van der Waals surface area contributed by atoms with Gasteiger partial charge in [-0.25, -0.2) is 0 Å². The number of Topliss-reactive ketones (excluding diaryl/α,β-unsaturated/α-hetero) is 1. The maximum atomic E-state index is 12.5. The highest BCUT2D eigenvalue weighted by atomic mass is 127. The molecular weight excluding hydrogens is 413 g/mol. The number of methoxy groups -OCH3 is 1. The second kappa shape index (κ2) is 8.01. The molecule has 2 aromatic carbocycles. The van der Waals surface area contributed by atoms with Gasteiger partial charge in [-0.2, -0.15) is 0 Å². The molecule has 0 saturated heterocycles. The minimum Gasteiger partial charge on any atom is -0.497 e. The third-order valence-electron chi connectivity index (χ3n) is 4.66. The van der Waals surface area contributed by atoms with Gasteiger partial charge in [-0.15, -0.1) is 0 Å². The van der Waals surface area contributed by atoms with Crippen molar-refractivity contribution in [2.75, 3.05) is 12.4 Å².